The third kappa shape index (κ3) is 3.99. The number of piperidine rings is 1. The van der Waals surface area contributed by atoms with E-state index in [-0.39, 0.29) is 23.4 Å². The van der Waals surface area contributed by atoms with Crippen LogP contribution in [0.15, 0.2) is 47.3 Å². The lowest BCUT2D eigenvalue weighted by Gasteiger charge is -2.33. The number of hydrogen-bond donors (Lipinski definition) is 3. The molecule has 3 N–H and O–H groups in total. The van der Waals surface area contributed by atoms with Gasteiger partial charge in [0.1, 0.15) is 6.04 Å². The van der Waals surface area contributed by atoms with Crippen LogP contribution >= 0.6 is 0 Å². The molecule has 3 heterocycles. The summed E-state index contributed by atoms with van der Waals surface area (Å²) in [7, 11) is 2.08. The molecule has 0 bridgehead atoms. The van der Waals surface area contributed by atoms with Gasteiger partial charge in [-0.3, -0.25) is 15.0 Å². The van der Waals surface area contributed by atoms with E-state index in [1.165, 1.54) is 10.7 Å². The van der Waals surface area contributed by atoms with E-state index in [2.05, 4.69) is 33.2 Å². The summed E-state index contributed by atoms with van der Waals surface area (Å²) in [6.45, 7) is 2.62. The number of fused-ring (bicyclic) bond motifs is 1. The summed E-state index contributed by atoms with van der Waals surface area (Å²) in [6.07, 6.45) is 1.03. The molecule has 2 fully saturated rings. The molecule has 2 aromatic rings. The Hall–Kier alpha value is -2.55. The van der Waals surface area contributed by atoms with Crippen molar-refractivity contribution in [2.45, 2.75) is 25.0 Å². The molecule has 8 heteroatoms. The van der Waals surface area contributed by atoms with Crippen molar-refractivity contribution in [3.8, 4) is 11.3 Å². The van der Waals surface area contributed by atoms with Crippen molar-refractivity contribution >= 4 is 5.91 Å². The smallest absolute Gasteiger partial charge is 0.266 e. The van der Waals surface area contributed by atoms with Gasteiger partial charge in [0.2, 0.25) is 5.91 Å². The first-order valence-corrected chi connectivity index (χ1v) is 9.73. The van der Waals surface area contributed by atoms with Gasteiger partial charge >= 0.3 is 0 Å². The highest BCUT2D eigenvalue weighted by Crippen LogP contribution is 2.23. The molecule has 8 nitrogen and oxygen atoms in total. The second-order valence-electron chi connectivity index (χ2n) is 7.52. The number of aromatic nitrogens is 2. The summed E-state index contributed by atoms with van der Waals surface area (Å²) in [6, 6.07) is 13.0. The van der Waals surface area contributed by atoms with Crippen molar-refractivity contribution in [3.63, 3.8) is 0 Å². The summed E-state index contributed by atoms with van der Waals surface area (Å²) in [5.74, 6) is 0.212. The van der Waals surface area contributed by atoms with Crippen molar-refractivity contribution in [2.75, 3.05) is 26.7 Å². The summed E-state index contributed by atoms with van der Waals surface area (Å²) in [5.41, 5.74) is 7.90. The zero-order chi connectivity index (χ0) is 19.5. The van der Waals surface area contributed by atoms with Gasteiger partial charge in [0.25, 0.3) is 5.56 Å². The summed E-state index contributed by atoms with van der Waals surface area (Å²) in [4.78, 5) is 27.0. The Labute approximate surface area is 163 Å². The average molecular weight is 382 g/mol. The van der Waals surface area contributed by atoms with E-state index in [9.17, 15) is 9.59 Å². The largest absolute Gasteiger partial charge is 0.353 e. The van der Waals surface area contributed by atoms with Gasteiger partial charge in [-0.2, -0.15) is 5.10 Å². The number of amides is 1. The molecule has 148 valence electrons. The van der Waals surface area contributed by atoms with Crippen molar-refractivity contribution in [3.05, 3.63) is 52.8 Å². The van der Waals surface area contributed by atoms with Gasteiger partial charge in [0.05, 0.1) is 12.2 Å². The maximum atomic E-state index is 12.6. The summed E-state index contributed by atoms with van der Waals surface area (Å²) in [5, 5.41) is 7.38. The number of nitrogens with one attached hydrogen (secondary N) is 3. The quantitative estimate of drug-likeness (QED) is 0.665. The molecule has 4 rings (SSSR count). The number of rotatable bonds is 5. The van der Waals surface area contributed by atoms with Gasteiger partial charge in [-0.15, -0.1) is 0 Å². The minimum absolute atomic E-state index is 0.0393. The fraction of sp³-hybridized carbons (Fsp3) is 0.450. The maximum Gasteiger partial charge on any atom is 0.266 e. The Morgan fingerprint density at radius 2 is 2.04 bits per heavy atom. The molecule has 2 aliphatic rings. The second kappa shape index (κ2) is 8.22. The molecule has 2 saturated heterocycles. The zero-order valence-electron chi connectivity index (χ0n) is 16.0. The van der Waals surface area contributed by atoms with Gasteiger partial charge in [-0.1, -0.05) is 30.3 Å². The minimum Gasteiger partial charge on any atom is -0.353 e. The molecule has 0 spiro atoms. The lowest BCUT2D eigenvalue weighted by Crippen LogP contribution is -2.50. The third-order valence-corrected chi connectivity index (χ3v) is 5.56. The maximum absolute atomic E-state index is 12.6. The molecular formula is C20H26N6O2. The van der Waals surface area contributed by atoms with Crippen molar-refractivity contribution < 1.29 is 4.79 Å². The Bertz CT molecular complexity index is 884. The number of nitrogens with zero attached hydrogens (tertiary/aromatic N) is 3. The van der Waals surface area contributed by atoms with Crippen LogP contribution in [0.1, 0.15) is 6.42 Å². The number of benzene rings is 1. The second-order valence-corrected chi connectivity index (χ2v) is 7.52. The summed E-state index contributed by atoms with van der Waals surface area (Å²) >= 11 is 0. The molecular weight excluding hydrogens is 356 g/mol. The van der Waals surface area contributed by atoms with Crippen molar-refractivity contribution in [1.29, 1.82) is 0 Å². The first-order valence-electron chi connectivity index (χ1n) is 9.73. The first kappa shape index (κ1) is 18.8. The number of likely N-dealkylation sites (tertiary alicyclic amines) is 1. The topological polar surface area (TPSA) is 91.3 Å². The molecule has 1 aromatic heterocycles. The molecule has 3 atom stereocenters. The van der Waals surface area contributed by atoms with E-state index >= 15 is 0 Å². The molecule has 1 aromatic carbocycles. The fourth-order valence-electron chi connectivity index (χ4n) is 4.00. The fourth-order valence-corrected chi connectivity index (χ4v) is 4.00. The van der Waals surface area contributed by atoms with Crippen LogP contribution in [0.3, 0.4) is 0 Å². The van der Waals surface area contributed by atoms with E-state index in [1.807, 2.05) is 30.3 Å². The first-order chi connectivity index (χ1) is 13.6. The Morgan fingerprint density at radius 1 is 1.21 bits per heavy atom. The highest BCUT2D eigenvalue weighted by Gasteiger charge is 2.42. The normalized spacial score (nSPS) is 24.7. The van der Waals surface area contributed by atoms with Crippen LogP contribution in [0.2, 0.25) is 0 Å². The van der Waals surface area contributed by atoms with Crippen molar-refractivity contribution in [1.82, 2.24) is 30.8 Å². The van der Waals surface area contributed by atoms with Crippen LogP contribution in [0.5, 0.6) is 0 Å². The standard InChI is InChI=1S/C20H26N6O2/c1-25-11-9-17-15(13-25)19(23-22-17)20(28)21-10-12-26-18(27)8-7-16(24-26)14-5-3-2-4-6-14/h2-8,15,17,19,22-23H,9-13H2,1H3,(H,21,28). The van der Waals surface area contributed by atoms with Crippen LogP contribution in [-0.4, -0.2) is 59.4 Å². The predicted octanol–water partition coefficient (Wildman–Crippen LogP) is -0.177. The van der Waals surface area contributed by atoms with Crippen LogP contribution in [0.4, 0.5) is 0 Å². The van der Waals surface area contributed by atoms with Gasteiger partial charge in [-0.25, -0.2) is 10.1 Å². The summed E-state index contributed by atoms with van der Waals surface area (Å²) < 4.78 is 1.40. The Balaban J connectivity index is 1.36. The van der Waals surface area contributed by atoms with Crippen LogP contribution in [-0.2, 0) is 11.3 Å². The van der Waals surface area contributed by atoms with E-state index in [0.717, 1.165) is 30.8 Å². The number of carbonyl (C=O) groups excluding carboxylic acids is 1. The minimum atomic E-state index is -0.256. The van der Waals surface area contributed by atoms with Gasteiger partial charge in [-0.05, 0) is 26.1 Å². The lowest BCUT2D eigenvalue weighted by molar-refractivity contribution is -0.124. The van der Waals surface area contributed by atoms with Gasteiger partial charge in [0, 0.05) is 36.7 Å². The Morgan fingerprint density at radius 3 is 2.86 bits per heavy atom. The molecule has 3 unspecified atom stereocenters. The molecule has 28 heavy (non-hydrogen) atoms. The highest BCUT2D eigenvalue weighted by atomic mass is 16.2. The average Bonchev–Trinajstić information content (AvgIpc) is 3.13. The van der Waals surface area contributed by atoms with E-state index in [1.54, 1.807) is 6.07 Å². The van der Waals surface area contributed by atoms with Crippen LogP contribution in [0.25, 0.3) is 11.3 Å². The monoisotopic (exact) mass is 382 g/mol. The van der Waals surface area contributed by atoms with E-state index in [0.29, 0.717) is 19.1 Å². The lowest BCUT2D eigenvalue weighted by atomic mass is 9.88. The number of hydrogen-bond acceptors (Lipinski definition) is 6. The van der Waals surface area contributed by atoms with E-state index < -0.39 is 0 Å². The van der Waals surface area contributed by atoms with E-state index in [4.69, 9.17) is 0 Å². The number of hydrazine groups is 1. The molecule has 1 amide bonds. The Kier molecular flexibility index (Phi) is 5.52. The van der Waals surface area contributed by atoms with Crippen molar-refractivity contribution in [2.24, 2.45) is 5.92 Å². The third-order valence-electron chi connectivity index (χ3n) is 5.56. The zero-order valence-corrected chi connectivity index (χ0v) is 16.0. The van der Waals surface area contributed by atoms with Gasteiger partial charge < -0.3 is 10.2 Å². The van der Waals surface area contributed by atoms with Gasteiger partial charge in [0.15, 0.2) is 0 Å². The molecule has 0 radical (unpaired) electrons. The molecule has 2 aliphatic heterocycles. The van der Waals surface area contributed by atoms with Crippen LogP contribution < -0.4 is 21.7 Å². The number of carbonyl (C=O) groups is 1. The molecule has 0 saturated carbocycles. The highest BCUT2D eigenvalue weighted by molar-refractivity contribution is 5.82. The molecule has 0 aliphatic carbocycles. The SMILES string of the molecule is CN1CCC2NNC(C(=O)NCCn3nc(-c4ccccc4)ccc3=O)C2C1. The predicted molar refractivity (Wildman–Crippen MR) is 106 cm³/mol. The van der Waals surface area contributed by atoms with Crippen LogP contribution in [0, 0.1) is 5.92 Å².